The van der Waals surface area contributed by atoms with Crippen LogP contribution in [0, 0.1) is 0 Å². The molecule has 0 saturated carbocycles. The molecule has 0 radical (unpaired) electrons. The van der Waals surface area contributed by atoms with Crippen molar-refractivity contribution in [1.29, 1.82) is 0 Å². The Kier molecular flexibility index (Phi) is 3.74. The van der Waals surface area contributed by atoms with Gasteiger partial charge in [-0.1, -0.05) is 27.5 Å². The van der Waals surface area contributed by atoms with Crippen LogP contribution in [0.25, 0.3) is 5.69 Å². The van der Waals surface area contributed by atoms with Crippen molar-refractivity contribution in [3.05, 3.63) is 40.1 Å². The smallest absolute Gasteiger partial charge is 0.207 e. The average Bonchev–Trinajstić information content (AvgIpc) is 2.69. The number of imidazole rings is 1. The third-order valence-electron chi connectivity index (χ3n) is 2.23. The lowest BCUT2D eigenvalue weighted by atomic mass is 10.3. The van der Waals surface area contributed by atoms with Gasteiger partial charge in [0.1, 0.15) is 0 Å². The van der Waals surface area contributed by atoms with E-state index in [4.69, 9.17) is 11.6 Å². The van der Waals surface area contributed by atoms with E-state index in [1.54, 1.807) is 6.20 Å². The van der Waals surface area contributed by atoms with Crippen molar-refractivity contribution in [1.82, 2.24) is 9.55 Å². The van der Waals surface area contributed by atoms with Crippen LogP contribution in [-0.4, -0.2) is 15.6 Å². The quantitative estimate of drug-likeness (QED) is 0.924. The monoisotopic (exact) mass is 313 g/mol. The maximum Gasteiger partial charge on any atom is 0.207 e. The van der Waals surface area contributed by atoms with Crippen molar-refractivity contribution in [3.8, 4) is 5.69 Å². The molecule has 3 nitrogen and oxygen atoms in total. The molecule has 2 rings (SSSR count). The van der Waals surface area contributed by atoms with Gasteiger partial charge in [0.15, 0.2) is 0 Å². The van der Waals surface area contributed by atoms with Gasteiger partial charge in [-0.2, -0.15) is 0 Å². The highest BCUT2D eigenvalue weighted by Crippen LogP contribution is 2.26. The highest BCUT2D eigenvalue weighted by molar-refractivity contribution is 9.10. The molecule has 2 aromatic rings. The minimum atomic E-state index is 0.321. The van der Waals surface area contributed by atoms with Gasteiger partial charge in [0.25, 0.3) is 0 Å². The van der Waals surface area contributed by atoms with Gasteiger partial charge in [-0.05, 0) is 32.0 Å². The fourth-order valence-corrected chi connectivity index (χ4v) is 2.09. The average molecular weight is 315 g/mol. The molecule has 90 valence electrons. The molecule has 1 heterocycles. The van der Waals surface area contributed by atoms with Crippen LogP contribution in [0.3, 0.4) is 0 Å². The van der Waals surface area contributed by atoms with E-state index in [2.05, 4.69) is 40.1 Å². The van der Waals surface area contributed by atoms with E-state index in [1.807, 2.05) is 29.0 Å². The second-order valence-electron chi connectivity index (χ2n) is 4.02. The second-order valence-corrected chi connectivity index (χ2v) is 5.34. The van der Waals surface area contributed by atoms with Crippen molar-refractivity contribution in [2.24, 2.45) is 0 Å². The zero-order valence-electron chi connectivity index (χ0n) is 9.61. The predicted molar refractivity (Wildman–Crippen MR) is 75.0 cm³/mol. The highest BCUT2D eigenvalue weighted by Gasteiger charge is 2.09. The molecule has 0 amide bonds. The lowest BCUT2D eigenvalue weighted by molar-refractivity contribution is 0.864. The van der Waals surface area contributed by atoms with E-state index in [1.165, 1.54) is 0 Å². The molecule has 5 heteroatoms. The van der Waals surface area contributed by atoms with E-state index in [9.17, 15) is 0 Å². The van der Waals surface area contributed by atoms with E-state index in [-0.39, 0.29) is 0 Å². The molecule has 0 aliphatic heterocycles. The van der Waals surface area contributed by atoms with Gasteiger partial charge in [-0.3, -0.25) is 4.57 Å². The Bertz CT molecular complexity index is 522. The Morgan fingerprint density at radius 2 is 2.18 bits per heavy atom. The lowest BCUT2D eigenvalue weighted by Gasteiger charge is -2.13. The summed E-state index contributed by atoms with van der Waals surface area (Å²) in [5.41, 5.74) is 0.904. The molecule has 0 saturated heterocycles. The van der Waals surface area contributed by atoms with Crippen molar-refractivity contribution in [2.75, 3.05) is 5.32 Å². The standard InChI is InChI=1S/C12H13BrClN3/c1-8(2)16-12-15-5-6-17(12)11-7-9(13)3-4-10(11)14/h3-8H,1-2H3,(H,15,16). The number of nitrogens with one attached hydrogen (secondary N) is 1. The largest absolute Gasteiger partial charge is 0.353 e. The summed E-state index contributed by atoms with van der Waals surface area (Å²) < 4.78 is 2.92. The molecule has 17 heavy (non-hydrogen) atoms. The van der Waals surface area contributed by atoms with Gasteiger partial charge in [0.05, 0.1) is 10.7 Å². The van der Waals surface area contributed by atoms with Crippen LogP contribution in [0.15, 0.2) is 35.1 Å². The number of hydrogen-bond acceptors (Lipinski definition) is 2. The minimum absolute atomic E-state index is 0.321. The molecule has 1 aromatic heterocycles. The number of aromatic nitrogens is 2. The van der Waals surface area contributed by atoms with Crippen LogP contribution in [-0.2, 0) is 0 Å². The fraction of sp³-hybridized carbons (Fsp3) is 0.250. The number of rotatable bonds is 3. The minimum Gasteiger partial charge on any atom is -0.353 e. The predicted octanol–water partition coefficient (Wildman–Crippen LogP) is 4.11. The number of halogens is 2. The highest BCUT2D eigenvalue weighted by atomic mass is 79.9. The van der Waals surface area contributed by atoms with Crippen molar-refractivity contribution < 1.29 is 0 Å². The Morgan fingerprint density at radius 3 is 2.88 bits per heavy atom. The van der Waals surface area contributed by atoms with Crippen LogP contribution in [0.1, 0.15) is 13.8 Å². The summed E-state index contributed by atoms with van der Waals surface area (Å²) >= 11 is 9.64. The molecular formula is C12H13BrClN3. The topological polar surface area (TPSA) is 29.9 Å². The summed E-state index contributed by atoms with van der Waals surface area (Å²) in [6.07, 6.45) is 3.64. The van der Waals surface area contributed by atoms with Gasteiger partial charge < -0.3 is 5.32 Å². The van der Waals surface area contributed by atoms with Gasteiger partial charge in [-0.25, -0.2) is 4.98 Å². The number of nitrogens with zero attached hydrogens (tertiary/aromatic N) is 2. The summed E-state index contributed by atoms with van der Waals surface area (Å²) in [7, 11) is 0. The second kappa shape index (κ2) is 5.10. The van der Waals surface area contributed by atoms with Crippen LogP contribution in [0.5, 0.6) is 0 Å². The first-order valence-corrected chi connectivity index (χ1v) is 6.50. The Morgan fingerprint density at radius 1 is 1.41 bits per heavy atom. The molecule has 0 aliphatic carbocycles. The zero-order valence-corrected chi connectivity index (χ0v) is 12.0. The molecule has 0 bridgehead atoms. The Hall–Kier alpha value is -1.000. The van der Waals surface area contributed by atoms with Gasteiger partial charge >= 0.3 is 0 Å². The van der Waals surface area contributed by atoms with Gasteiger partial charge in [0.2, 0.25) is 5.95 Å². The van der Waals surface area contributed by atoms with Crippen molar-refractivity contribution in [2.45, 2.75) is 19.9 Å². The summed E-state index contributed by atoms with van der Waals surface area (Å²) in [6, 6.07) is 6.07. The van der Waals surface area contributed by atoms with Gasteiger partial charge in [0, 0.05) is 22.9 Å². The van der Waals surface area contributed by atoms with E-state index >= 15 is 0 Å². The number of hydrogen-bond donors (Lipinski definition) is 1. The molecule has 0 spiro atoms. The van der Waals surface area contributed by atoms with Crippen LogP contribution in [0.4, 0.5) is 5.95 Å². The Balaban J connectivity index is 2.45. The van der Waals surface area contributed by atoms with Gasteiger partial charge in [-0.15, -0.1) is 0 Å². The van der Waals surface area contributed by atoms with Crippen molar-refractivity contribution in [3.63, 3.8) is 0 Å². The fourth-order valence-electron chi connectivity index (χ4n) is 1.53. The SMILES string of the molecule is CC(C)Nc1nccn1-c1cc(Br)ccc1Cl. The van der Waals surface area contributed by atoms with Crippen LogP contribution < -0.4 is 5.32 Å². The summed E-state index contributed by atoms with van der Waals surface area (Å²) in [5, 5.41) is 3.97. The number of anilines is 1. The molecule has 1 N–H and O–H groups in total. The van der Waals surface area contributed by atoms with E-state index in [0.29, 0.717) is 11.1 Å². The summed E-state index contributed by atoms with van der Waals surface area (Å²) in [4.78, 5) is 4.28. The first kappa shape index (κ1) is 12.5. The molecule has 0 unspecified atom stereocenters. The van der Waals surface area contributed by atoms with Crippen molar-refractivity contribution >= 4 is 33.5 Å². The molecule has 0 aliphatic rings. The van der Waals surface area contributed by atoms with E-state index in [0.717, 1.165) is 16.1 Å². The maximum atomic E-state index is 6.20. The molecular weight excluding hydrogens is 302 g/mol. The third-order valence-corrected chi connectivity index (χ3v) is 3.04. The molecule has 0 fully saturated rings. The van der Waals surface area contributed by atoms with Crippen LogP contribution in [0.2, 0.25) is 5.02 Å². The van der Waals surface area contributed by atoms with E-state index < -0.39 is 0 Å². The molecule has 0 atom stereocenters. The summed E-state index contributed by atoms with van der Waals surface area (Å²) in [6.45, 7) is 4.14. The molecule has 1 aromatic carbocycles. The first-order valence-electron chi connectivity index (χ1n) is 5.33. The normalized spacial score (nSPS) is 10.9. The maximum absolute atomic E-state index is 6.20. The summed E-state index contributed by atoms with van der Waals surface area (Å²) in [5.74, 6) is 0.792. The third kappa shape index (κ3) is 2.82. The Labute approximate surface area is 114 Å². The first-order chi connectivity index (χ1) is 8.08. The lowest BCUT2D eigenvalue weighted by Crippen LogP contribution is -2.14. The number of benzene rings is 1. The van der Waals surface area contributed by atoms with Crippen LogP contribution >= 0.6 is 27.5 Å². The zero-order chi connectivity index (χ0) is 12.4.